The Bertz CT molecular complexity index is 1280. The van der Waals surface area contributed by atoms with Gasteiger partial charge >= 0.3 is 0 Å². The van der Waals surface area contributed by atoms with Crippen molar-refractivity contribution in [1.29, 1.82) is 0 Å². The molecule has 34 heavy (non-hydrogen) atoms. The average Bonchev–Trinajstić information content (AvgIpc) is 3.13. The molecule has 2 aromatic carbocycles. The molecule has 8 heteroatoms. The van der Waals surface area contributed by atoms with Crippen LogP contribution in [0.2, 0.25) is 0 Å². The second kappa shape index (κ2) is 10.4. The molecule has 0 aliphatic carbocycles. The van der Waals surface area contributed by atoms with Gasteiger partial charge in [0.1, 0.15) is 17.2 Å². The van der Waals surface area contributed by atoms with Crippen LogP contribution in [0.5, 0.6) is 11.5 Å². The van der Waals surface area contributed by atoms with Gasteiger partial charge in [0.25, 0.3) is 5.91 Å². The molecule has 0 aliphatic heterocycles. The van der Waals surface area contributed by atoms with Gasteiger partial charge in [0.05, 0.1) is 11.0 Å². The van der Waals surface area contributed by atoms with Gasteiger partial charge in [0.15, 0.2) is 0 Å². The topological polar surface area (TPSA) is 84.3 Å². The Morgan fingerprint density at radius 1 is 1.06 bits per heavy atom. The Morgan fingerprint density at radius 3 is 2.56 bits per heavy atom. The lowest BCUT2D eigenvalue weighted by Gasteiger charge is -2.11. The lowest BCUT2D eigenvalue weighted by molar-refractivity contribution is 0.0945. The Morgan fingerprint density at radius 2 is 1.82 bits per heavy atom. The van der Waals surface area contributed by atoms with E-state index in [-0.39, 0.29) is 5.91 Å². The predicted octanol–water partition coefficient (Wildman–Crippen LogP) is 4.36. The van der Waals surface area contributed by atoms with Crippen LogP contribution >= 0.6 is 0 Å². The molecule has 0 unspecified atom stereocenters. The van der Waals surface area contributed by atoms with Gasteiger partial charge < -0.3 is 24.8 Å². The number of fused-ring (bicyclic) bond motifs is 1. The van der Waals surface area contributed by atoms with E-state index in [2.05, 4.69) is 46.8 Å². The van der Waals surface area contributed by atoms with E-state index in [4.69, 9.17) is 9.72 Å². The summed E-state index contributed by atoms with van der Waals surface area (Å²) in [5.41, 5.74) is 4.39. The first-order chi connectivity index (χ1) is 16.4. The van der Waals surface area contributed by atoms with E-state index in [0.717, 1.165) is 35.6 Å². The first kappa shape index (κ1) is 23.3. The molecule has 0 bridgehead atoms. The largest absolute Gasteiger partial charge is 0.457 e. The molecule has 2 heterocycles. The first-order valence-corrected chi connectivity index (χ1v) is 11.3. The fraction of sp³-hybridized carbons (Fsp3) is 0.269. The summed E-state index contributed by atoms with van der Waals surface area (Å²) in [4.78, 5) is 23.3. The fourth-order valence-corrected chi connectivity index (χ4v) is 3.53. The van der Waals surface area contributed by atoms with Crippen molar-refractivity contribution in [2.75, 3.05) is 32.5 Å². The summed E-state index contributed by atoms with van der Waals surface area (Å²) < 4.78 is 8.02. The maximum atomic E-state index is 12.4. The Kier molecular flexibility index (Phi) is 7.08. The number of aryl methyl sites for hydroxylation is 2. The molecule has 0 atom stereocenters. The average molecular weight is 459 g/mol. The minimum Gasteiger partial charge on any atom is -0.457 e. The molecule has 0 spiro atoms. The van der Waals surface area contributed by atoms with Gasteiger partial charge in [-0.2, -0.15) is 0 Å². The fourth-order valence-electron chi connectivity index (χ4n) is 3.53. The van der Waals surface area contributed by atoms with E-state index >= 15 is 0 Å². The van der Waals surface area contributed by atoms with E-state index < -0.39 is 0 Å². The van der Waals surface area contributed by atoms with Crippen LogP contribution < -0.4 is 15.4 Å². The van der Waals surface area contributed by atoms with Crippen LogP contribution in [-0.4, -0.2) is 52.5 Å². The van der Waals surface area contributed by atoms with Gasteiger partial charge in [-0.1, -0.05) is 19.1 Å². The Hall–Kier alpha value is -3.91. The van der Waals surface area contributed by atoms with Crippen LogP contribution in [0.15, 0.2) is 60.8 Å². The molecule has 0 saturated heterocycles. The van der Waals surface area contributed by atoms with Crippen molar-refractivity contribution in [1.82, 2.24) is 24.8 Å². The van der Waals surface area contributed by atoms with Crippen molar-refractivity contribution in [2.24, 2.45) is 7.05 Å². The van der Waals surface area contributed by atoms with Gasteiger partial charge in [0, 0.05) is 44.2 Å². The number of nitrogens with one attached hydrogen (secondary N) is 2. The normalized spacial score (nSPS) is 11.1. The zero-order valence-corrected chi connectivity index (χ0v) is 20.0. The molecule has 1 amide bonds. The molecular formula is C26H30N6O2. The summed E-state index contributed by atoms with van der Waals surface area (Å²) in [6.07, 6.45) is 2.58. The number of rotatable bonds is 9. The van der Waals surface area contributed by atoms with Gasteiger partial charge in [-0.05, 0) is 56.4 Å². The van der Waals surface area contributed by atoms with E-state index in [1.807, 2.05) is 48.8 Å². The monoisotopic (exact) mass is 458 g/mol. The van der Waals surface area contributed by atoms with E-state index in [9.17, 15) is 4.79 Å². The minimum atomic E-state index is -0.227. The third kappa shape index (κ3) is 5.52. The van der Waals surface area contributed by atoms with Gasteiger partial charge in [0.2, 0.25) is 5.95 Å². The summed E-state index contributed by atoms with van der Waals surface area (Å²) in [5, 5.41) is 6.24. The molecule has 4 aromatic rings. The van der Waals surface area contributed by atoms with Crippen molar-refractivity contribution in [2.45, 2.75) is 13.3 Å². The van der Waals surface area contributed by atoms with Crippen molar-refractivity contribution >= 4 is 28.6 Å². The molecule has 2 aromatic heterocycles. The third-order valence-corrected chi connectivity index (χ3v) is 5.51. The van der Waals surface area contributed by atoms with Crippen molar-refractivity contribution in [3.8, 4) is 11.5 Å². The van der Waals surface area contributed by atoms with Gasteiger partial charge in [-0.3, -0.25) is 9.78 Å². The van der Waals surface area contributed by atoms with Crippen LogP contribution in [0.25, 0.3) is 11.0 Å². The van der Waals surface area contributed by atoms with Gasteiger partial charge in [-0.15, -0.1) is 0 Å². The lowest BCUT2D eigenvalue weighted by atomic mass is 10.1. The quantitative estimate of drug-likeness (QED) is 0.388. The SMILES string of the molecule is CCc1ccc(Nc2nc3cc(Oc4ccnc(C(=O)NCCN(C)C)c4)ccc3n2C)cc1. The highest BCUT2D eigenvalue weighted by Gasteiger charge is 2.12. The number of hydrogen-bond donors (Lipinski definition) is 2. The van der Waals surface area contributed by atoms with E-state index in [1.165, 1.54) is 5.56 Å². The molecule has 0 aliphatic rings. The lowest BCUT2D eigenvalue weighted by Crippen LogP contribution is -2.31. The zero-order valence-electron chi connectivity index (χ0n) is 20.0. The van der Waals surface area contributed by atoms with Gasteiger partial charge in [-0.25, -0.2) is 4.98 Å². The summed E-state index contributed by atoms with van der Waals surface area (Å²) in [6.45, 7) is 3.45. The van der Waals surface area contributed by atoms with Crippen molar-refractivity contribution < 1.29 is 9.53 Å². The smallest absolute Gasteiger partial charge is 0.270 e. The van der Waals surface area contributed by atoms with Crippen LogP contribution in [0.4, 0.5) is 11.6 Å². The summed E-state index contributed by atoms with van der Waals surface area (Å²) in [6, 6.07) is 17.5. The maximum absolute atomic E-state index is 12.4. The molecule has 4 rings (SSSR count). The summed E-state index contributed by atoms with van der Waals surface area (Å²) in [5.74, 6) is 1.69. The van der Waals surface area contributed by atoms with Crippen molar-refractivity contribution in [3.63, 3.8) is 0 Å². The number of likely N-dealkylation sites (N-methyl/N-ethyl adjacent to an activating group) is 1. The Labute approximate surface area is 199 Å². The van der Waals surface area contributed by atoms with Crippen LogP contribution in [0.1, 0.15) is 23.0 Å². The number of nitrogens with zero attached hydrogens (tertiary/aromatic N) is 4. The first-order valence-electron chi connectivity index (χ1n) is 11.3. The minimum absolute atomic E-state index is 0.227. The summed E-state index contributed by atoms with van der Waals surface area (Å²) >= 11 is 0. The second-order valence-electron chi connectivity index (χ2n) is 8.36. The molecule has 2 N–H and O–H groups in total. The number of ether oxygens (including phenoxy) is 1. The standard InChI is InChI=1S/C26H30N6O2/c1-5-18-6-8-19(9-7-18)29-26-30-22-16-20(10-11-24(22)32(26)4)34-21-12-13-27-23(17-21)25(33)28-14-15-31(2)3/h6-13,16-17H,5,14-15H2,1-4H3,(H,28,33)(H,29,30). The highest BCUT2D eigenvalue weighted by Crippen LogP contribution is 2.28. The number of carbonyl (C=O) groups is 1. The van der Waals surface area contributed by atoms with Crippen LogP contribution in [0.3, 0.4) is 0 Å². The van der Waals surface area contributed by atoms with Crippen LogP contribution in [0, 0.1) is 0 Å². The number of pyridine rings is 1. The zero-order chi connectivity index (χ0) is 24.1. The number of hydrogen-bond acceptors (Lipinski definition) is 6. The third-order valence-electron chi connectivity index (χ3n) is 5.51. The molecule has 0 saturated carbocycles. The van der Waals surface area contributed by atoms with E-state index in [0.29, 0.717) is 23.7 Å². The molecule has 176 valence electrons. The predicted molar refractivity (Wildman–Crippen MR) is 135 cm³/mol. The van der Waals surface area contributed by atoms with Crippen LogP contribution in [-0.2, 0) is 13.5 Å². The maximum Gasteiger partial charge on any atom is 0.270 e. The molecular weight excluding hydrogens is 428 g/mol. The second-order valence-corrected chi connectivity index (χ2v) is 8.36. The number of aromatic nitrogens is 3. The van der Waals surface area contributed by atoms with Crippen molar-refractivity contribution in [3.05, 3.63) is 72.1 Å². The Balaban J connectivity index is 1.48. The molecule has 0 radical (unpaired) electrons. The molecule has 8 nitrogen and oxygen atoms in total. The number of imidazole rings is 1. The number of amides is 1. The number of carbonyl (C=O) groups excluding carboxylic acids is 1. The highest BCUT2D eigenvalue weighted by atomic mass is 16.5. The molecule has 0 fully saturated rings. The van der Waals surface area contributed by atoms with E-state index in [1.54, 1.807) is 18.3 Å². The number of benzene rings is 2. The summed E-state index contributed by atoms with van der Waals surface area (Å²) in [7, 11) is 5.89. The highest BCUT2D eigenvalue weighted by molar-refractivity contribution is 5.92. The number of anilines is 2.